The molecule has 0 atom stereocenters. The van der Waals surface area contributed by atoms with E-state index >= 15 is 0 Å². The van der Waals surface area contributed by atoms with Crippen LogP contribution in [0.2, 0.25) is 0 Å². The minimum atomic E-state index is -0.335. The Bertz CT molecular complexity index is 1140. The molecule has 4 heterocycles. The van der Waals surface area contributed by atoms with Crippen LogP contribution in [0.4, 0.5) is 10.8 Å². The second-order valence-corrected chi connectivity index (χ2v) is 11.6. The van der Waals surface area contributed by atoms with Crippen molar-refractivity contribution in [2.75, 3.05) is 63.4 Å². The van der Waals surface area contributed by atoms with Crippen molar-refractivity contribution in [2.45, 2.75) is 50.9 Å². The highest BCUT2D eigenvalue weighted by Gasteiger charge is 2.31. The number of rotatable bonds is 8. The van der Waals surface area contributed by atoms with Gasteiger partial charge in [0.15, 0.2) is 5.13 Å². The molecule has 2 aromatic rings. The van der Waals surface area contributed by atoms with Crippen LogP contribution in [0.15, 0.2) is 23.6 Å². The molecule has 1 aromatic heterocycles. The summed E-state index contributed by atoms with van der Waals surface area (Å²) in [6, 6.07) is 5.75. The molecule has 11 heteroatoms. The molecule has 3 saturated heterocycles. The number of morpholine rings is 1. The van der Waals surface area contributed by atoms with Gasteiger partial charge in [-0.3, -0.25) is 14.5 Å². The van der Waals surface area contributed by atoms with Gasteiger partial charge in [-0.25, -0.2) is 4.98 Å². The summed E-state index contributed by atoms with van der Waals surface area (Å²) >= 11 is 1.43. The molecular weight excluding hydrogens is 506 g/mol. The molecule has 10 nitrogen and oxygen atoms in total. The highest BCUT2D eigenvalue weighted by Crippen LogP contribution is 2.28. The summed E-state index contributed by atoms with van der Waals surface area (Å²) in [6.45, 7) is 10.00. The van der Waals surface area contributed by atoms with Gasteiger partial charge < -0.3 is 29.7 Å². The van der Waals surface area contributed by atoms with Gasteiger partial charge in [0.2, 0.25) is 0 Å². The first-order valence-corrected chi connectivity index (χ1v) is 14.1. The number of carbonyl (C=O) groups is 2. The number of aromatic nitrogens is 1. The second kappa shape index (κ2) is 11.7. The normalized spacial score (nSPS) is 20.7. The van der Waals surface area contributed by atoms with Gasteiger partial charge in [0.1, 0.15) is 5.69 Å². The lowest BCUT2D eigenvalue weighted by Crippen LogP contribution is -2.52. The van der Waals surface area contributed by atoms with Crippen molar-refractivity contribution < 1.29 is 23.8 Å². The van der Waals surface area contributed by atoms with E-state index in [4.69, 9.17) is 14.2 Å². The fourth-order valence-electron chi connectivity index (χ4n) is 4.94. The fourth-order valence-corrected chi connectivity index (χ4v) is 5.77. The number of nitrogens with one attached hydrogen (secondary N) is 2. The summed E-state index contributed by atoms with van der Waals surface area (Å²) in [5, 5.41) is 8.63. The Morgan fingerprint density at radius 3 is 2.68 bits per heavy atom. The molecule has 3 fully saturated rings. The van der Waals surface area contributed by atoms with Crippen molar-refractivity contribution >= 4 is 34.0 Å². The molecule has 38 heavy (non-hydrogen) atoms. The minimum Gasteiger partial charge on any atom is -0.381 e. The summed E-state index contributed by atoms with van der Waals surface area (Å²) < 4.78 is 16.4. The molecule has 0 spiro atoms. The monoisotopic (exact) mass is 543 g/mol. The molecule has 1 aromatic carbocycles. The lowest BCUT2D eigenvalue weighted by atomic mass is 10.00. The smallest absolute Gasteiger partial charge is 0.275 e. The molecule has 0 unspecified atom stereocenters. The number of benzene rings is 1. The number of carbonyl (C=O) groups excluding carboxylic acids is 2. The number of hydrogen-bond acceptors (Lipinski definition) is 9. The van der Waals surface area contributed by atoms with E-state index in [1.165, 1.54) is 11.3 Å². The zero-order chi connectivity index (χ0) is 26.7. The predicted molar refractivity (Wildman–Crippen MR) is 146 cm³/mol. The number of thiazole rings is 1. The zero-order valence-corrected chi connectivity index (χ0v) is 23.1. The third-order valence-corrected chi connectivity index (χ3v) is 8.40. The van der Waals surface area contributed by atoms with Crippen LogP contribution in [-0.4, -0.2) is 92.6 Å². The summed E-state index contributed by atoms with van der Waals surface area (Å²) in [6.07, 6.45) is 1.75. The van der Waals surface area contributed by atoms with E-state index in [1.807, 2.05) is 18.2 Å². The first-order valence-electron chi connectivity index (χ1n) is 13.2. The Labute approximate surface area is 227 Å². The number of anilines is 2. The van der Waals surface area contributed by atoms with Gasteiger partial charge in [-0.1, -0.05) is 6.07 Å². The molecule has 0 bridgehead atoms. The predicted octanol–water partition coefficient (Wildman–Crippen LogP) is 2.75. The molecular formula is C27H37N5O5S. The average molecular weight is 544 g/mol. The van der Waals surface area contributed by atoms with E-state index in [2.05, 4.69) is 39.3 Å². The minimum absolute atomic E-state index is 0.0511. The summed E-state index contributed by atoms with van der Waals surface area (Å²) in [5.41, 5.74) is 2.17. The maximum absolute atomic E-state index is 13.5. The molecule has 3 aliphatic heterocycles. The van der Waals surface area contributed by atoms with Crippen LogP contribution in [0, 0.1) is 0 Å². The summed E-state index contributed by atoms with van der Waals surface area (Å²) in [7, 11) is 1.70. The van der Waals surface area contributed by atoms with Gasteiger partial charge >= 0.3 is 0 Å². The maximum Gasteiger partial charge on any atom is 0.275 e. The molecule has 206 valence electrons. The largest absolute Gasteiger partial charge is 0.381 e. The Kier molecular flexibility index (Phi) is 8.29. The van der Waals surface area contributed by atoms with Crippen LogP contribution >= 0.6 is 11.3 Å². The van der Waals surface area contributed by atoms with Gasteiger partial charge in [0, 0.05) is 63.5 Å². The van der Waals surface area contributed by atoms with Crippen LogP contribution in [0.3, 0.4) is 0 Å². The average Bonchev–Trinajstić information content (AvgIpc) is 3.36. The van der Waals surface area contributed by atoms with E-state index in [0.29, 0.717) is 49.9 Å². The van der Waals surface area contributed by atoms with E-state index in [-0.39, 0.29) is 29.5 Å². The Balaban J connectivity index is 1.33. The van der Waals surface area contributed by atoms with Crippen LogP contribution < -0.4 is 15.5 Å². The SMILES string of the molecule is COC1CN(c2nc(C(=O)Nc3ccc(CN4CCOCC4(C)C)cc3C(=O)NC3CCOCC3)cs2)C1. The molecule has 0 saturated carbocycles. The molecule has 5 rings (SSSR count). The van der Waals surface area contributed by atoms with Crippen molar-refractivity contribution in [1.29, 1.82) is 0 Å². The fraction of sp³-hybridized carbons (Fsp3) is 0.593. The lowest BCUT2D eigenvalue weighted by molar-refractivity contribution is -0.0552. The molecule has 2 amide bonds. The third-order valence-electron chi connectivity index (χ3n) is 7.50. The van der Waals surface area contributed by atoms with Gasteiger partial charge in [-0.05, 0) is 44.4 Å². The first-order chi connectivity index (χ1) is 18.3. The summed E-state index contributed by atoms with van der Waals surface area (Å²) in [5.74, 6) is -0.529. The molecule has 2 N–H and O–H groups in total. The van der Waals surface area contributed by atoms with Crippen LogP contribution in [0.5, 0.6) is 0 Å². The van der Waals surface area contributed by atoms with E-state index in [0.717, 1.165) is 43.2 Å². The van der Waals surface area contributed by atoms with Crippen LogP contribution in [-0.2, 0) is 20.8 Å². The highest BCUT2D eigenvalue weighted by atomic mass is 32.1. The first kappa shape index (κ1) is 27.0. The summed E-state index contributed by atoms with van der Waals surface area (Å²) in [4.78, 5) is 35.6. The van der Waals surface area contributed by atoms with Crippen molar-refractivity contribution in [3.63, 3.8) is 0 Å². The number of methoxy groups -OCH3 is 1. The maximum atomic E-state index is 13.5. The molecule has 3 aliphatic rings. The van der Waals surface area contributed by atoms with Crippen LogP contribution in [0.1, 0.15) is 53.1 Å². The van der Waals surface area contributed by atoms with E-state index in [9.17, 15) is 9.59 Å². The Morgan fingerprint density at radius 2 is 1.95 bits per heavy atom. The highest BCUT2D eigenvalue weighted by molar-refractivity contribution is 7.14. The number of hydrogen-bond donors (Lipinski definition) is 2. The lowest BCUT2D eigenvalue weighted by Gasteiger charge is -2.42. The van der Waals surface area contributed by atoms with Gasteiger partial charge in [0.05, 0.1) is 30.6 Å². The van der Waals surface area contributed by atoms with E-state index in [1.54, 1.807) is 12.5 Å². The van der Waals surface area contributed by atoms with E-state index < -0.39 is 0 Å². The standard InChI is InChI=1S/C27H37N5O5S/c1-27(2)17-37-11-8-32(27)13-18-4-5-22(21(12-18)24(33)28-19-6-9-36-10-7-19)29-25(34)23-16-38-26(30-23)31-14-20(15-31)35-3/h4-5,12,16,19-20H,6-11,13-15,17H2,1-3H3,(H,28,33)(H,29,34). The van der Waals surface area contributed by atoms with Gasteiger partial charge in [0.25, 0.3) is 11.8 Å². The Hall–Kier alpha value is -2.57. The Morgan fingerprint density at radius 1 is 1.16 bits per heavy atom. The number of amides is 2. The topological polar surface area (TPSA) is 105 Å². The number of nitrogens with zero attached hydrogens (tertiary/aromatic N) is 3. The van der Waals surface area contributed by atoms with Crippen molar-refractivity contribution in [2.24, 2.45) is 0 Å². The second-order valence-electron chi connectivity index (χ2n) is 10.8. The van der Waals surface area contributed by atoms with Crippen LogP contribution in [0.25, 0.3) is 0 Å². The van der Waals surface area contributed by atoms with Gasteiger partial charge in [-0.15, -0.1) is 11.3 Å². The number of ether oxygens (including phenoxy) is 3. The zero-order valence-electron chi connectivity index (χ0n) is 22.3. The van der Waals surface area contributed by atoms with Crippen molar-refractivity contribution in [3.05, 3.63) is 40.4 Å². The third kappa shape index (κ3) is 6.18. The van der Waals surface area contributed by atoms with Gasteiger partial charge in [-0.2, -0.15) is 0 Å². The van der Waals surface area contributed by atoms with Crippen molar-refractivity contribution in [1.82, 2.24) is 15.2 Å². The quantitative estimate of drug-likeness (QED) is 0.524. The van der Waals surface area contributed by atoms with Crippen molar-refractivity contribution in [3.8, 4) is 0 Å². The molecule has 0 radical (unpaired) electrons. The molecule has 0 aliphatic carbocycles.